The minimum atomic E-state index is -0.00831. The van der Waals surface area contributed by atoms with Crippen molar-refractivity contribution in [2.45, 2.75) is 13.5 Å². The van der Waals surface area contributed by atoms with E-state index in [1.165, 1.54) is 0 Å². The summed E-state index contributed by atoms with van der Waals surface area (Å²) in [7, 11) is 0. The van der Waals surface area contributed by atoms with Crippen LogP contribution in [0.1, 0.15) is 22.8 Å². The molecule has 2 aromatic carbocycles. The van der Waals surface area contributed by atoms with E-state index in [0.717, 1.165) is 11.3 Å². The first kappa shape index (κ1) is 13.8. The molecule has 0 fully saturated rings. The van der Waals surface area contributed by atoms with Crippen LogP contribution >= 0.6 is 0 Å². The zero-order valence-electron chi connectivity index (χ0n) is 11.4. The van der Waals surface area contributed by atoms with Gasteiger partial charge in [-0.05, 0) is 43.3 Å². The molecule has 2 rings (SSSR count). The highest BCUT2D eigenvalue weighted by atomic mass is 16.2. The molecule has 100 valence electrons. The fraction of sp³-hybridized carbons (Fsp3) is 0.176. The minimum absolute atomic E-state index is 0.00831. The van der Waals surface area contributed by atoms with E-state index in [1.807, 2.05) is 61.5 Å². The third-order valence-electron chi connectivity index (χ3n) is 3.09. The maximum atomic E-state index is 12.5. The summed E-state index contributed by atoms with van der Waals surface area (Å²) in [4.78, 5) is 17.6. The van der Waals surface area contributed by atoms with Gasteiger partial charge >= 0.3 is 0 Å². The van der Waals surface area contributed by atoms with E-state index < -0.39 is 0 Å². The average Bonchev–Trinajstić information content (AvgIpc) is 2.51. The maximum Gasteiger partial charge on any atom is 0.258 e. The number of nitrogens with zero attached hydrogens (tertiary/aromatic N) is 2. The molecule has 0 aliphatic rings. The highest BCUT2D eigenvalue weighted by molar-refractivity contribution is 6.06. The Morgan fingerprint density at radius 2 is 1.75 bits per heavy atom. The van der Waals surface area contributed by atoms with Crippen molar-refractivity contribution in [2.24, 2.45) is 0 Å². The van der Waals surface area contributed by atoms with Crippen LogP contribution in [0.15, 0.2) is 54.6 Å². The van der Waals surface area contributed by atoms with Gasteiger partial charge in [-0.2, -0.15) is 0 Å². The molecule has 0 spiro atoms. The summed E-state index contributed by atoms with van der Waals surface area (Å²) >= 11 is 0. The summed E-state index contributed by atoms with van der Waals surface area (Å²) in [6.07, 6.45) is 0. The van der Waals surface area contributed by atoms with Crippen molar-refractivity contribution in [3.05, 3.63) is 77.1 Å². The van der Waals surface area contributed by atoms with E-state index in [1.54, 1.807) is 4.90 Å². The molecule has 0 radical (unpaired) electrons. The number of carbonyl (C=O) groups excluding carboxylic acids is 1. The first-order chi connectivity index (χ1) is 9.76. The van der Waals surface area contributed by atoms with Crippen LogP contribution in [0.25, 0.3) is 4.85 Å². The summed E-state index contributed by atoms with van der Waals surface area (Å²) in [5.41, 5.74) is 2.50. The zero-order chi connectivity index (χ0) is 14.4. The zero-order valence-corrected chi connectivity index (χ0v) is 11.4. The van der Waals surface area contributed by atoms with Crippen LogP contribution in [0, 0.1) is 6.57 Å². The van der Waals surface area contributed by atoms with Crippen LogP contribution in [0.2, 0.25) is 0 Å². The van der Waals surface area contributed by atoms with Gasteiger partial charge in [-0.3, -0.25) is 4.79 Å². The molecule has 0 N–H and O–H groups in total. The Morgan fingerprint density at radius 1 is 1.10 bits per heavy atom. The molecule has 2 aromatic rings. The van der Waals surface area contributed by atoms with Crippen LogP contribution in [0.3, 0.4) is 0 Å². The maximum absolute atomic E-state index is 12.5. The summed E-state index contributed by atoms with van der Waals surface area (Å²) < 4.78 is 0. The van der Waals surface area contributed by atoms with Crippen LogP contribution < -0.4 is 4.90 Å². The van der Waals surface area contributed by atoms with Gasteiger partial charge in [-0.1, -0.05) is 18.2 Å². The Morgan fingerprint density at radius 3 is 2.30 bits per heavy atom. The highest BCUT2D eigenvalue weighted by Gasteiger charge is 2.15. The van der Waals surface area contributed by atoms with E-state index in [2.05, 4.69) is 4.85 Å². The first-order valence-corrected chi connectivity index (χ1v) is 6.55. The van der Waals surface area contributed by atoms with Gasteiger partial charge in [0.25, 0.3) is 5.91 Å². The smallest absolute Gasteiger partial charge is 0.258 e. The summed E-state index contributed by atoms with van der Waals surface area (Å²) in [5, 5.41) is 0. The Kier molecular flexibility index (Phi) is 4.52. The summed E-state index contributed by atoms with van der Waals surface area (Å²) in [6.45, 7) is 9.79. The van der Waals surface area contributed by atoms with Crippen LogP contribution in [-0.4, -0.2) is 12.5 Å². The Labute approximate surface area is 119 Å². The van der Waals surface area contributed by atoms with Crippen molar-refractivity contribution in [1.29, 1.82) is 0 Å². The van der Waals surface area contributed by atoms with Crippen LogP contribution in [0.4, 0.5) is 5.69 Å². The molecule has 0 aliphatic heterocycles. The third kappa shape index (κ3) is 3.04. The molecule has 3 heteroatoms. The summed E-state index contributed by atoms with van der Waals surface area (Å²) in [6, 6.07) is 16.8. The van der Waals surface area contributed by atoms with Crippen LogP contribution in [0.5, 0.6) is 0 Å². The molecule has 0 aromatic heterocycles. The van der Waals surface area contributed by atoms with Crippen molar-refractivity contribution in [3.63, 3.8) is 0 Å². The lowest BCUT2D eigenvalue weighted by molar-refractivity contribution is 0.0988. The van der Waals surface area contributed by atoms with Crippen molar-refractivity contribution in [1.82, 2.24) is 0 Å². The van der Waals surface area contributed by atoms with E-state index in [9.17, 15) is 4.79 Å². The fourth-order valence-corrected chi connectivity index (χ4v) is 2.05. The van der Waals surface area contributed by atoms with E-state index in [0.29, 0.717) is 18.7 Å². The van der Waals surface area contributed by atoms with E-state index >= 15 is 0 Å². The number of rotatable bonds is 4. The molecule has 20 heavy (non-hydrogen) atoms. The number of hydrogen-bond donors (Lipinski definition) is 0. The molecule has 0 saturated heterocycles. The lowest BCUT2D eigenvalue weighted by Gasteiger charge is -2.21. The number of amides is 1. The van der Waals surface area contributed by atoms with Crippen molar-refractivity contribution < 1.29 is 4.79 Å². The molecule has 0 saturated carbocycles. The third-order valence-corrected chi connectivity index (χ3v) is 3.09. The second-order valence-corrected chi connectivity index (χ2v) is 4.40. The number of anilines is 1. The molecular formula is C17H16N2O. The Hall–Kier alpha value is -2.60. The van der Waals surface area contributed by atoms with E-state index in [4.69, 9.17) is 6.57 Å². The molecule has 0 atom stereocenters. The van der Waals surface area contributed by atoms with Gasteiger partial charge in [0.2, 0.25) is 6.54 Å². The van der Waals surface area contributed by atoms with Gasteiger partial charge in [0.05, 0.1) is 0 Å². The lowest BCUT2D eigenvalue weighted by atomic mass is 10.1. The summed E-state index contributed by atoms with van der Waals surface area (Å²) in [5.74, 6) is -0.00831. The second-order valence-electron chi connectivity index (χ2n) is 4.40. The first-order valence-electron chi connectivity index (χ1n) is 6.55. The topological polar surface area (TPSA) is 24.7 Å². The standard InChI is InChI=1S/C17H16N2O/c1-3-19(17(20)15-7-5-4-6-8-15)16-11-9-14(10-12-16)13-18-2/h4-12H,3,13H2,1H3. The Balaban J connectivity index is 2.24. The number of carbonyl (C=O) groups is 1. The predicted molar refractivity (Wildman–Crippen MR) is 80.5 cm³/mol. The molecule has 3 nitrogen and oxygen atoms in total. The highest BCUT2D eigenvalue weighted by Crippen LogP contribution is 2.18. The van der Waals surface area contributed by atoms with Gasteiger partial charge in [-0.15, -0.1) is 0 Å². The molecule has 0 bridgehead atoms. The van der Waals surface area contributed by atoms with Crippen molar-refractivity contribution >= 4 is 11.6 Å². The van der Waals surface area contributed by atoms with Crippen molar-refractivity contribution in [3.8, 4) is 0 Å². The van der Waals surface area contributed by atoms with Gasteiger partial charge in [-0.25, -0.2) is 6.57 Å². The van der Waals surface area contributed by atoms with Gasteiger partial charge < -0.3 is 9.74 Å². The predicted octanol–water partition coefficient (Wildman–Crippen LogP) is 3.77. The molecular weight excluding hydrogens is 248 g/mol. The molecule has 0 heterocycles. The van der Waals surface area contributed by atoms with E-state index in [-0.39, 0.29) is 5.91 Å². The fourth-order valence-electron chi connectivity index (χ4n) is 2.05. The van der Waals surface area contributed by atoms with Gasteiger partial charge in [0, 0.05) is 23.4 Å². The lowest BCUT2D eigenvalue weighted by Crippen LogP contribution is -2.30. The quantitative estimate of drug-likeness (QED) is 0.771. The number of benzene rings is 2. The minimum Gasteiger partial charge on any atom is -0.312 e. The molecule has 1 amide bonds. The van der Waals surface area contributed by atoms with Gasteiger partial charge in [0.1, 0.15) is 0 Å². The normalized spacial score (nSPS) is 9.80. The molecule has 0 unspecified atom stereocenters. The SMILES string of the molecule is [C-]#[N+]Cc1ccc(N(CC)C(=O)c2ccccc2)cc1. The molecule has 0 aliphatic carbocycles. The Bertz CT molecular complexity index is 612. The van der Waals surface area contributed by atoms with Gasteiger partial charge in [0.15, 0.2) is 0 Å². The number of hydrogen-bond acceptors (Lipinski definition) is 1. The monoisotopic (exact) mass is 264 g/mol. The largest absolute Gasteiger partial charge is 0.312 e. The van der Waals surface area contributed by atoms with Crippen LogP contribution in [-0.2, 0) is 6.54 Å². The average molecular weight is 264 g/mol. The van der Waals surface area contributed by atoms with Crippen molar-refractivity contribution in [2.75, 3.05) is 11.4 Å². The second kappa shape index (κ2) is 6.53.